The fourth-order valence-corrected chi connectivity index (χ4v) is 2.78. The Morgan fingerprint density at radius 1 is 1.11 bits per heavy atom. The van der Waals surface area contributed by atoms with Crippen LogP contribution in [0.3, 0.4) is 0 Å². The summed E-state index contributed by atoms with van der Waals surface area (Å²) in [6.07, 6.45) is 4.80. The Hall–Kier alpha value is -2.20. The van der Waals surface area contributed by atoms with E-state index >= 15 is 0 Å². The van der Waals surface area contributed by atoms with Gasteiger partial charge in [0.25, 0.3) is 0 Å². The SMILES string of the molecule is c1ccc2c(c1)nc1n2C(c2ccncc2)NCC1. The second-order valence-corrected chi connectivity index (χ2v) is 4.77. The van der Waals surface area contributed by atoms with E-state index in [2.05, 4.69) is 45.2 Å². The number of para-hydroxylation sites is 2. The molecule has 19 heavy (non-hydrogen) atoms. The van der Waals surface area contributed by atoms with Crippen molar-refractivity contribution in [2.45, 2.75) is 12.6 Å². The average molecular weight is 250 g/mol. The van der Waals surface area contributed by atoms with Gasteiger partial charge < -0.3 is 4.57 Å². The number of rotatable bonds is 1. The van der Waals surface area contributed by atoms with Gasteiger partial charge in [0, 0.05) is 25.4 Å². The Bertz CT molecular complexity index is 717. The van der Waals surface area contributed by atoms with Gasteiger partial charge in [0.15, 0.2) is 0 Å². The quantitative estimate of drug-likeness (QED) is 0.719. The number of nitrogens with zero attached hydrogens (tertiary/aromatic N) is 3. The third kappa shape index (κ3) is 1.64. The largest absolute Gasteiger partial charge is 0.307 e. The summed E-state index contributed by atoms with van der Waals surface area (Å²) in [5, 5.41) is 3.57. The fraction of sp³-hybridized carbons (Fsp3) is 0.200. The smallest absolute Gasteiger partial charge is 0.112 e. The van der Waals surface area contributed by atoms with Crippen LogP contribution >= 0.6 is 0 Å². The highest BCUT2D eigenvalue weighted by Gasteiger charge is 2.23. The molecule has 1 aliphatic rings. The van der Waals surface area contributed by atoms with Gasteiger partial charge in [0.1, 0.15) is 12.0 Å². The van der Waals surface area contributed by atoms with Gasteiger partial charge in [-0.1, -0.05) is 12.1 Å². The molecule has 4 heteroatoms. The van der Waals surface area contributed by atoms with Crippen LogP contribution in [-0.2, 0) is 6.42 Å². The van der Waals surface area contributed by atoms with E-state index in [4.69, 9.17) is 4.98 Å². The zero-order valence-corrected chi connectivity index (χ0v) is 10.5. The maximum atomic E-state index is 4.74. The van der Waals surface area contributed by atoms with Crippen LogP contribution in [0.2, 0.25) is 0 Å². The van der Waals surface area contributed by atoms with E-state index in [1.54, 1.807) is 0 Å². The molecule has 1 aliphatic heterocycles. The van der Waals surface area contributed by atoms with Crippen molar-refractivity contribution in [2.24, 2.45) is 0 Å². The van der Waals surface area contributed by atoms with Crippen molar-refractivity contribution in [2.75, 3.05) is 6.54 Å². The van der Waals surface area contributed by atoms with Crippen molar-refractivity contribution in [3.05, 3.63) is 60.2 Å². The molecule has 1 atom stereocenters. The molecule has 4 rings (SSSR count). The fourth-order valence-electron chi connectivity index (χ4n) is 2.78. The molecule has 0 amide bonds. The Kier molecular flexibility index (Phi) is 2.35. The summed E-state index contributed by atoms with van der Waals surface area (Å²) < 4.78 is 2.30. The maximum Gasteiger partial charge on any atom is 0.112 e. The van der Waals surface area contributed by atoms with Crippen molar-refractivity contribution in [3.8, 4) is 0 Å². The van der Waals surface area contributed by atoms with E-state index < -0.39 is 0 Å². The number of pyridine rings is 1. The van der Waals surface area contributed by atoms with Crippen molar-refractivity contribution >= 4 is 11.0 Å². The van der Waals surface area contributed by atoms with Crippen LogP contribution in [0.15, 0.2) is 48.8 Å². The van der Waals surface area contributed by atoms with Gasteiger partial charge in [-0.15, -0.1) is 0 Å². The van der Waals surface area contributed by atoms with Crippen LogP contribution in [0, 0.1) is 0 Å². The number of nitrogens with one attached hydrogen (secondary N) is 1. The molecule has 0 radical (unpaired) electrons. The lowest BCUT2D eigenvalue weighted by Crippen LogP contribution is -2.35. The van der Waals surface area contributed by atoms with Crippen LogP contribution in [-0.4, -0.2) is 21.1 Å². The van der Waals surface area contributed by atoms with Crippen LogP contribution in [0.25, 0.3) is 11.0 Å². The van der Waals surface area contributed by atoms with E-state index in [1.807, 2.05) is 18.5 Å². The number of imidazole rings is 1. The Labute approximate surface area is 111 Å². The Balaban J connectivity index is 1.95. The van der Waals surface area contributed by atoms with Crippen molar-refractivity contribution in [3.63, 3.8) is 0 Å². The average Bonchev–Trinajstić information content (AvgIpc) is 2.86. The molecule has 0 saturated heterocycles. The summed E-state index contributed by atoms with van der Waals surface area (Å²) in [7, 11) is 0. The Morgan fingerprint density at radius 3 is 2.84 bits per heavy atom. The molecular weight excluding hydrogens is 236 g/mol. The van der Waals surface area contributed by atoms with Gasteiger partial charge >= 0.3 is 0 Å². The predicted octanol–water partition coefficient (Wildman–Crippen LogP) is 2.12. The molecule has 0 aliphatic carbocycles. The summed E-state index contributed by atoms with van der Waals surface area (Å²) in [5.74, 6) is 1.15. The normalized spacial score (nSPS) is 18.4. The summed E-state index contributed by atoms with van der Waals surface area (Å²) in [6.45, 7) is 0.955. The summed E-state index contributed by atoms with van der Waals surface area (Å²) in [6, 6.07) is 12.4. The minimum Gasteiger partial charge on any atom is -0.307 e. The molecule has 94 valence electrons. The molecule has 3 heterocycles. The monoisotopic (exact) mass is 250 g/mol. The van der Waals surface area contributed by atoms with Crippen molar-refractivity contribution in [1.29, 1.82) is 0 Å². The van der Waals surface area contributed by atoms with Gasteiger partial charge in [0.2, 0.25) is 0 Å². The van der Waals surface area contributed by atoms with Gasteiger partial charge in [-0.25, -0.2) is 4.98 Å². The standard InChI is InChI=1S/C15H14N4/c1-2-4-13-12(3-1)18-14-7-10-17-15(19(13)14)11-5-8-16-9-6-11/h1-6,8-9,15,17H,7,10H2. The summed E-state index contributed by atoms with van der Waals surface area (Å²) >= 11 is 0. The molecule has 1 N–H and O–H groups in total. The topological polar surface area (TPSA) is 42.7 Å². The second kappa shape index (κ2) is 4.17. The van der Waals surface area contributed by atoms with Gasteiger partial charge in [-0.05, 0) is 29.8 Å². The first-order valence-corrected chi connectivity index (χ1v) is 6.52. The molecule has 0 spiro atoms. The minimum absolute atomic E-state index is 0.152. The van der Waals surface area contributed by atoms with Gasteiger partial charge in [0.05, 0.1) is 11.0 Å². The van der Waals surface area contributed by atoms with Crippen molar-refractivity contribution in [1.82, 2.24) is 19.9 Å². The first-order chi connectivity index (χ1) is 9.43. The number of aromatic nitrogens is 3. The number of hydrogen-bond donors (Lipinski definition) is 1. The molecule has 0 fully saturated rings. The predicted molar refractivity (Wildman–Crippen MR) is 73.8 cm³/mol. The van der Waals surface area contributed by atoms with Crippen molar-refractivity contribution < 1.29 is 0 Å². The van der Waals surface area contributed by atoms with Crippen LogP contribution in [0.1, 0.15) is 17.6 Å². The molecule has 4 nitrogen and oxygen atoms in total. The second-order valence-electron chi connectivity index (χ2n) is 4.77. The lowest BCUT2D eigenvalue weighted by molar-refractivity contribution is 0.422. The third-order valence-electron chi connectivity index (χ3n) is 3.64. The third-order valence-corrected chi connectivity index (χ3v) is 3.64. The lowest BCUT2D eigenvalue weighted by atomic mass is 10.1. The lowest BCUT2D eigenvalue weighted by Gasteiger charge is -2.27. The highest BCUT2D eigenvalue weighted by Crippen LogP contribution is 2.26. The molecule has 1 unspecified atom stereocenters. The number of fused-ring (bicyclic) bond motifs is 3. The minimum atomic E-state index is 0.152. The maximum absolute atomic E-state index is 4.74. The van der Waals surface area contributed by atoms with Crippen LogP contribution in [0.4, 0.5) is 0 Å². The molecule has 0 bridgehead atoms. The van der Waals surface area contributed by atoms with Gasteiger partial charge in [-0.2, -0.15) is 0 Å². The van der Waals surface area contributed by atoms with Crippen LogP contribution < -0.4 is 5.32 Å². The zero-order chi connectivity index (χ0) is 12.7. The zero-order valence-electron chi connectivity index (χ0n) is 10.5. The molecule has 0 saturated carbocycles. The highest BCUT2D eigenvalue weighted by molar-refractivity contribution is 5.76. The first kappa shape index (κ1) is 10.7. The molecule has 1 aromatic carbocycles. The number of hydrogen-bond acceptors (Lipinski definition) is 3. The highest BCUT2D eigenvalue weighted by atomic mass is 15.2. The van der Waals surface area contributed by atoms with Crippen LogP contribution in [0.5, 0.6) is 0 Å². The number of benzene rings is 1. The first-order valence-electron chi connectivity index (χ1n) is 6.52. The van der Waals surface area contributed by atoms with E-state index in [1.165, 1.54) is 11.1 Å². The molecule has 2 aromatic heterocycles. The van der Waals surface area contributed by atoms with E-state index in [0.717, 1.165) is 24.3 Å². The van der Waals surface area contributed by atoms with Gasteiger partial charge in [-0.3, -0.25) is 10.3 Å². The summed E-state index contributed by atoms with van der Waals surface area (Å²) in [4.78, 5) is 8.83. The van der Waals surface area contributed by atoms with E-state index in [-0.39, 0.29) is 6.17 Å². The van der Waals surface area contributed by atoms with E-state index in [0.29, 0.717) is 0 Å². The molecule has 3 aromatic rings. The van der Waals surface area contributed by atoms with E-state index in [9.17, 15) is 0 Å². The molecular formula is C15H14N4. The summed E-state index contributed by atoms with van der Waals surface area (Å²) in [5.41, 5.74) is 3.48. The Morgan fingerprint density at radius 2 is 1.95 bits per heavy atom.